The molecule has 1 N–H and O–H groups in total. The highest BCUT2D eigenvalue weighted by molar-refractivity contribution is 5.99. The van der Waals surface area contributed by atoms with Gasteiger partial charge in [-0.2, -0.15) is 0 Å². The molecule has 1 aromatic carbocycles. The Hall–Kier alpha value is -2.45. The van der Waals surface area contributed by atoms with Gasteiger partial charge in [-0.1, -0.05) is 25.5 Å². The van der Waals surface area contributed by atoms with Crippen LogP contribution in [0.25, 0.3) is 0 Å². The first kappa shape index (κ1) is 23.7. The van der Waals surface area contributed by atoms with E-state index in [0.717, 1.165) is 38.0 Å². The zero-order valence-corrected chi connectivity index (χ0v) is 19.8. The second-order valence-corrected chi connectivity index (χ2v) is 9.45. The number of carbonyl (C=O) groups excluding carboxylic acids is 3. The van der Waals surface area contributed by atoms with Gasteiger partial charge in [-0.25, -0.2) is 0 Å². The number of nitrogens with zero attached hydrogens (tertiary/aromatic N) is 3. The molecule has 33 heavy (non-hydrogen) atoms. The average Bonchev–Trinajstić information content (AvgIpc) is 2.85. The van der Waals surface area contributed by atoms with Crippen LogP contribution in [-0.4, -0.2) is 89.9 Å². The van der Waals surface area contributed by atoms with Gasteiger partial charge in [0.25, 0.3) is 5.91 Å². The van der Waals surface area contributed by atoms with Crippen molar-refractivity contribution in [3.8, 4) is 0 Å². The highest BCUT2D eigenvalue weighted by Gasteiger charge is 2.52. The van der Waals surface area contributed by atoms with Gasteiger partial charge in [-0.15, -0.1) is 0 Å². The number of benzene rings is 1. The Morgan fingerprint density at radius 1 is 1.09 bits per heavy atom. The van der Waals surface area contributed by atoms with E-state index < -0.39 is 11.6 Å². The third-order valence-corrected chi connectivity index (χ3v) is 7.25. The highest BCUT2D eigenvalue weighted by atomic mass is 16.5. The quantitative estimate of drug-likeness (QED) is 0.704. The molecule has 3 saturated heterocycles. The van der Waals surface area contributed by atoms with Gasteiger partial charge < -0.3 is 19.9 Å². The van der Waals surface area contributed by atoms with E-state index in [1.165, 1.54) is 0 Å². The van der Waals surface area contributed by atoms with Crippen LogP contribution in [0, 0.1) is 0 Å². The minimum absolute atomic E-state index is 0.00340. The third-order valence-electron chi connectivity index (χ3n) is 7.25. The summed E-state index contributed by atoms with van der Waals surface area (Å²) in [5.74, 6) is 0.0903. The number of piperidine rings is 1. The molecule has 180 valence electrons. The third kappa shape index (κ3) is 4.92. The van der Waals surface area contributed by atoms with E-state index >= 15 is 0 Å². The Morgan fingerprint density at radius 3 is 2.39 bits per heavy atom. The van der Waals surface area contributed by atoms with Gasteiger partial charge in [0.2, 0.25) is 11.8 Å². The summed E-state index contributed by atoms with van der Waals surface area (Å²) in [6, 6.07) is 7.39. The van der Waals surface area contributed by atoms with Gasteiger partial charge >= 0.3 is 0 Å². The topological polar surface area (TPSA) is 82.2 Å². The van der Waals surface area contributed by atoms with Crippen molar-refractivity contribution in [2.75, 3.05) is 45.9 Å². The molecule has 3 aliphatic heterocycles. The van der Waals surface area contributed by atoms with E-state index in [4.69, 9.17) is 4.74 Å². The number of rotatable bonds is 6. The van der Waals surface area contributed by atoms with Crippen LogP contribution in [0.15, 0.2) is 24.3 Å². The molecule has 1 atom stereocenters. The van der Waals surface area contributed by atoms with E-state index in [1.54, 1.807) is 6.92 Å². The molecular formula is C25H36N4O4. The molecule has 3 aliphatic rings. The number of likely N-dealkylation sites (tertiary alicyclic amines) is 1. The number of morpholine rings is 1. The molecule has 0 saturated carbocycles. The van der Waals surface area contributed by atoms with Crippen molar-refractivity contribution in [3.05, 3.63) is 35.4 Å². The molecular weight excluding hydrogens is 420 g/mol. The molecule has 1 spiro atoms. The number of unbranched alkanes of at least 4 members (excludes halogenated alkanes) is 1. The lowest BCUT2D eigenvalue weighted by atomic mass is 9.81. The second-order valence-electron chi connectivity index (χ2n) is 9.45. The van der Waals surface area contributed by atoms with E-state index in [-0.39, 0.29) is 17.7 Å². The van der Waals surface area contributed by atoms with Crippen LogP contribution >= 0.6 is 0 Å². The molecule has 3 heterocycles. The Labute approximate surface area is 196 Å². The summed E-state index contributed by atoms with van der Waals surface area (Å²) in [4.78, 5) is 44.6. The summed E-state index contributed by atoms with van der Waals surface area (Å²) in [6.45, 7) is 9.27. The van der Waals surface area contributed by atoms with E-state index in [9.17, 15) is 14.4 Å². The van der Waals surface area contributed by atoms with Crippen molar-refractivity contribution in [2.24, 2.45) is 0 Å². The number of amides is 3. The molecule has 0 aromatic heterocycles. The number of ether oxygens (including phenoxy) is 1. The van der Waals surface area contributed by atoms with Crippen LogP contribution in [0.3, 0.4) is 0 Å². The van der Waals surface area contributed by atoms with Crippen LogP contribution < -0.4 is 5.32 Å². The molecule has 0 aliphatic carbocycles. The van der Waals surface area contributed by atoms with E-state index in [0.29, 0.717) is 51.3 Å². The van der Waals surface area contributed by atoms with Gasteiger partial charge in [-0.05, 0) is 43.9 Å². The highest BCUT2D eigenvalue weighted by Crippen LogP contribution is 2.33. The molecule has 3 fully saturated rings. The number of hydrogen-bond donors (Lipinski definition) is 1. The van der Waals surface area contributed by atoms with E-state index in [1.807, 2.05) is 34.1 Å². The lowest BCUT2D eigenvalue weighted by molar-refractivity contribution is -0.160. The maximum Gasteiger partial charge on any atom is 0.254 e. The van der Waals surface area contributed by atoms with Crippen LogP contribution in [0.4, 0.5) is 0 Å². The fourth-order valence-electron chi connectivity index (χ4n) is 5.14. The van der Waals surface area contributed by atoms with Crippen molar-refractivity contribution in [3.63, 3.8) is 0 Å². The molecule has 8 nitrogen and oxygen atoms in total. The Kier molecular flexibility index (Phi) is 7.34. The Bertz CT molecular complexity index is 858. The minimum Gasteiger partial charge on any atom is -0.378 e. The molecule has 1 aromatic rings. The number of carbonyl (C=O) groups is 3. The lowest BCUT2D eigenvalue weighted by Crippen LogP contribution is -2.72. The summed E-state index contributed by atoms with van der Waals surface area (Å²) in [7, 11) is 0. The second kappa shape index (κ2) is 10.2. The summed E-state index contributed by atoms with van der Waals surface area (Å²) >= 11 is 0. The van der Waals surface area contributed by atoms with E-state index in [2.05, 4.69) is 17.1 Å². The number of nitrogens with one attached hydrogen (secondary N) is 1. The van der Waals surface area contributed by atoms with Gasteiger partial charge in [0, 0.05) is 44.8 Å². The first-order valence-electron chi connectivity index (χ1n) is 12.3. The molecule has 8 heteroatoms. The maximum atomic E-state index is 13.0. The maximum absolute atomic E-state index is 13.0. The predicted molar refractivity (Wildman–Crippen MR) is 125 cm³/mol. The Morgan fingerprint density at radius 2 is 1.76 bits per heavy atom. The van der Waals surface area contributed by atoms with Crippen molar-refractivity contribution < 1.29 is 19.1 Å². The zero-order chi connectivity index (χ0) is 23.4. The normalized spacial score (nSPS) is 23.6. The smallest absolute Gasteiger partial charge is 0.254 e. The van der Waals surface area contributed by atoms with Gasteiger partial charge in [-0.3, -0.25) is 19.3 Å². The number of hydrogen-bond acceptors (Lipinski definition) is 5. The molecule has 0 radical (unpaired) electrons. The predicted octanol–water partition coefficient (Wildman–Crippen LogP) is 1.64. The van der Waals surface area contributed by atoms with Crippen LogP contribution in [0.1, 0.15) is 55.5 Å². The Balaban J connectivity index is 1.37. The average molecular weight is 457 g/mol. The fourth-order valence-corrected chi connectivity index (χ4v) is 5.14. The van der Waals surface area contributed by atoms with Crippen LogP contribution in [-0.2, 0) is 20.9 Å². The molecule has 3 amide bonds. The lowest BCUT2D eigenvalue weighted by Gasteiger charge is -2.51. The summed E-state index contributed by atoms with van der Waals surface area (Å²) < 4.78 is 5.33. The standard InChI is InChI=1S/C25H36N4O4/c1-3-4-11-29-22(30)19(2)26-24(32)25(29)9-12-27(13-10-25)18-20-5-7-21(8-6-20)23(31)28-14-16-33-17-15-28/h5-8,19H,3-4,9-18H2,1-2H3,(H,26,32)/t19-/m0/s1. The largest absolute Gasteiger partial charge is 0.378 e. The first-order chi connectivity index (χ1) is 15.9. The molecule has 4 rings (SSSR count). The zero-order valence-electron chi connectivity index (χ0n) is 19.8. The molecule has 0 unspecified atom stereocenters. The molecule has 0 bridgehead atoms. The van der Waals surface area contributed by atoms with Crippen molar-refractivity contribution in [1.29, 1.82) is 0 Å². The SMILES string of the molecule is CCCCN1C(=O)[C@H](C)NC(=O)C12CCN(Cc1ccc(C(=O)N3CCOCC3)cc1)CC2. The summed E-state index contributed by atoms with van der Waals surface area (Å²) in [5, 5.41) is 2.91. The minimum atomic E-state index is -0.719. The fraction of sp³-hybridized carbons (Fsp3) is 0.640. The van der Waals surface area contributed by atoms with Crippen LogP contribution in [0.5, 0.6) is 0 Å². The van der Waals surface area contributed by atoms with Crippen molar-refractivity contribution in [1.82, 2.24) is 20.0 Å². The van der Waals surface area contributed by atoms with Crippen LogP contribution in [0.2, 0.25) is 0 Å². The summed E-state index contributed by atoms with van der Waals surface area (Å²) in [6.07, 6.45) is 3.20. The van der Waals surface area contributed by atoms with Gasteiger partial charge in [0.1, 0.15) is 11.6 Å². The van der Waals surface area contributed by atoms with Gasteiger partial charge in [0.15, 0.2) is 0 Å². The summed E-state index contributed by atoms with van der Waals surface area (Å²) in [5.41, 5.74) is 1.13. The first-order valence-corrected chi connectivity index (χ1v) is 12.3. The van der Waals surface area contributed by atoms with Crippen molar-refractivity contribution in [2.45, 2.75) is 57.7 Å². The monoisotopic (exact) mass is 456 g/mol. The van der Waals surface area contributed by atoms with Gasteiger partial charge in [0.05, 0.1) is 13.2 Å². The number of piperazine rings is 1. The van der Waals surface area contributed by atoms with Crippen molar-refractivity contribution >= 4 is 17.7 Å².